The summed E-state index contributed by atoms with van der Waals surface area (Å²) in [6.07, 6.45) is 13.6. The second kappa shape index (κ2) is 29.4. The fourth-order valence-corrected chi connectivity index (χ4v) is 7.93. The lowest BCUT2D eigenvalue weighted by molar-refractivity contribution is -0.125. The minimum absolute atomic E-state index is 0.0394. The van der Waals surface area contributed by atoms with Gasteiger partial charge in [0.25, 0.3) is 27.8 Å². The molecule has 16 rings (SSSR count). The smallest absolute Gasteiger partial charge is 0.278 e. The van der Waals surface area contributed by atoms with Gasteiger partial charge in [-0.2, -0.15) is 30.0 Å². The van der Waals surface area contributed by atoms with Crippen LogP contribution in [0.1, 0.15) is 6.92 Å². The zero-order valence-corrected chi connectivity index (χ0v) is 49.1. The summed E-state index contributed by atoms with van der Waals surface area (Å²) in [5, 5.41) is 14.0. The van der Waals surface area contributed by atoms with Crippen LogP contribution in [0.5, 0.6) is 0 Å². The van der Waals surface area contributed by atoms with Crippen molar-refractivity contribution in [2.75, 3.05) is 66.4 Å². The lowest BCUT2D eigenvalue weighted by atomic mass is 10.4. The summed E-state index contributed by atoms with van der Waals surface area (Å²) in [5.74, 6) is 1.40. The number of hydrogen-bond acceptors (Lipinski definition) is 32. The van der Waals surface area contributed by atoms with Crippen molar-refractivity contribution in [1.29, 1.82) is 0 Å². The van der Waals surface area contributed by atoms with Crippen molar-refractivity contribution in [3.8, 4) is 0 Å². The molecule has 0 aromatic carbocycles. The van der Waals surface area contributed by atoms with E-state index in [0.29, 0.717) is 105 Å². The molecule has 16 heterocycles. The highest BCUT2D eigenvalue weighted by atomic mass is 32.1. The van der Waals surface area contributed by atoms with E-state index < -0.39 is 0 Å². The average Bonchev–Trinajstić information content (AvgIpc) is 2.60. The Bertz CT molecular complexity index is 4830. The van der Waals surface area contributed by atoms with Crippen molar-refractivity contribution in [3.63, 3.8) is 0 Å². The van der Waals surface area contributed by atoms with Crippen LogP contribution in [0.3, 0.4) is 0 Å². The molecule has 0 radical (unpaired) electrons. The van der Waals surface area contributed by atoms with Crippen LogP contribution in [0.25, 0.3) is 78.0 Å². The van der Waals surface area contributed by atoms with Crippen LogP contribution in [0.15, 0.2) is 71.1 Å². The molecule has 2 fully saturated rings. The first-order valence-corrected chi connectivity index (χ1v) is 26.6. The summed E-state index contributed by atoms with van der Waals surface area (Å²) in [5.41, 5.74) is 43.5. The summed E-state index contributed by atoms with van der Waals surface area (Å²) < 4.78 is 5.57. The Morgan fingerprint density at radius 1 is 0.511 bits per heavy atom. The van der Waals surface area contributed by atoms with Crippen molar-refractivity contribution in [3.05, 3.63) is 97.2 Å². The van der Waals surface area contributed by atoms with Crippen molar-refractivity contribution in [1.82, 2.24) is 155 Å². The van der Waals surface area contributed by atoms with Crippen molar-refractivity contribution in [2.24, 2.45) is 0 Å². The number of carbonyl (C=O) groups is 1. The number of anilines is 7. The number of ether oxygens (including phenoxy) is 1. The Hall–Kier alpha value is -12.7. The van der Waals surface area contributed by atoms with Gasteiger partial charge in [-0.25, -0.2) is 49.8 Å². The van der Waals surface area contributed by atoms with Gasteiger partial charge in [-0.15, -0.1) is 0 Å². The van der Waals surface area contributed by atoms with Crippen LogP contribution in [0, 0.1) is 9.41 Å². The number of hydrogen-bond donors (Lipinski definition) is 21. The Balaban J connectivity index is 0.000000131. The molecule has 14 aromatic rings. The van der Waals surface area contributed by atoms with Crippen LogP contribution in [-0.2, 0) is 9.53 Å². The second-order valence-electron chi connectivity index (χ2n) is 16.9. The molecule has 0 spiro atoms. The number of amides is 1. The average molecular weight is 1310 g/mol. The zero-order chi connectivity index (χ0) is 64.4. The van der Waals surface area contributed by atoms with Gasteiger partial charge in [-0.3, -0.25) is 44.1 Å². The fraction of sp³-hybridized carbons (Fsp3) is 0.116. The Kier molecular flexibility index (Phi) is 20.7. The normalized spacial score (nSPS) is 11.9. The van der Waals surface area contributed by atoms with Crippen LogP contribution in [0.2, 0.25) is 0 Å². The number of H-pyrrole nitrogens is 12. The highest BCUT2D eigenvalue weighted by Gasteiger charge is 2.25. The molecule has 47 heteroatoms. The standard InChI is InChI=1S/C5H6N6.C5H5N5OS.2C5H5N5O.C5H5N5S.C5H5N5.C5H4N4.C5H7NO2S.C3H6N2S/c6-3-2-1-8-11-4(2)10-5(7)9-3;6-4-8-2-1(3(11)10-4)7-5(12)9-2;3*6-5-9-3-2(4(11)10-5)7-1-8-3;6-4-3-5(9-1-7-3)10-2-8-4;1-4-5(8-2-6-1)9-3-7-4;1-2-6-4(7)3-8-5(6)9;6-3-4-1-2-5-3/h1H,(H5,6,7,8,9,10,11);(H5,6,7,8,9,10,11,12);3*1H,(H4,6,7,8,9,10,11);1-2H,(H3,6,7,8,9,10);1-3H,(H,6,7,8,9);2-3H2,1H3;1-2H2,(H2,4,5,6). The summed E-state index contributed by atoms with van der Waals surface area (Å²) in [4.78, 5) is 132. The monoisotopic (exact) mass is 1300 g/mol. The van der Waals surface area contributed by atoms with E-state index in [1.165, 1.54) is 42.9 Å². The maximum absolute atomic E-state index is 11.1. The molecule has 2 aliphatic heterocycles. The first kappa shape index (κ1) is 63.4. The number of nitrogens with two attached hydrogens (primary N) is 7. The molecule has 0 aliphatic carbocycles. The largest absolute Gasteiger partial charge is 0.460 e. The molecule has 14 aromatic heterocycles. The highest BCUT2D eigenvalue weighted by molar-refractivity contribution is 7.80. The minimum Gasteiger partial charge on any atom is -0.460 e. The summed E-state index contributed by atoms with van der Waals surface area (Å²) >= 11 is 19.1. The summed E-state index contributed by atoms with van der Waals surface area (Å²) in [6.45, 7) is 4.56. The number of nitrogen functional groups attached to an aromatic ring is 7. The minimum atomic E-state index is -0.329. The predicted octanol–water partition coefficient (Wildman–Crippen LogP) is -1.64. The van der Waals surface area contributed by atoms with E-state index in [4.69, 9.17) is 93.7 Å². The third kappa shape index (κ3) is 16.6. The fourth-order valence-electron chi connectivity index (χ4n) is 6.99. The van der Waals surface area contributed by atoms with E-state index in [2.05, 4.69) is 150 Å². The van der Waals surface area contributed by atoms with Crippen LogP contribution in [0.4, 0.5) is 41.4 Å². The number of fused-ring (bicyclic) bond motifs is 7. The number of nitrogens with one attached hydrogen (secondary N) is 14. The number of nitrogens with zero attached hydrogens (tertiary/aromatic N) is 17. The van der Waals surface area contributed by atoms with Gasteiger partial charge in [-0.05, 0) is 43.6 Å². The molecule has 2 aliphatic rings. The zero-order valence-electron chi connectivity index (χ0n) is 45.8. The number of likely N-dealkylation sites (N-methyl/N-ethyl adjacent to an activating group) is 1. The molecule has 90 heavy (non-hydrogen) atoms. The molecule has 43 nitrogen and oxygen atoms in total. The molecule has 464 valence electrons. The third-order valence-corrected chi connectivity index (χ3v) is 12.0. The topological polar surface area (TPSA) is 683 Å². The third-order valence-electron chi connectivity index (χ3n) is 10.9. The maximum atomic E-state index is 11.1. The maximum Gasteiger partial charge on any atom is 0.278 e. The van der Waals surface area contributed by atoms with Gasteiger partial charge in [0.2, 0.25) is 29.7 Å². The molecule has 0 saturated carbocycles. The van der Waals surface area contributed by atoms with Gasteiger partial charge in [0, 0.05) is 19.6 Å². The lowest BCUT2D eigenvalue weighted by Gasteiger charge is -2.07. The molecular weight excluding hydrogens is 1260 g/mol. The van der Waals surface area contributed by atoms with Crippen LogP contribution in [-0.4, -0.2) is 187 Å². The van der Waals surface area contributed by atoms with E-state index >= 15 is 0 Å². The number of rotatable bonds is 1. The second-order valence-corrected chi connectivity index (χ2v) is 18.5. The number of aromatic amines is 12. The Morgan fingerprint density at radius 2 is 1.08 bits per heavy atom. The molecule has 0 bridgehead atoms. The van der Waals surface area contributed by atoms with Crippen LogP contribution < -0.4 is 67.4 Å². The van der Waals surface area contributed by atoms with Gasteiger partial charge in [0.15, 0.2) is 77.5 Å². The first-order valence-electron chi connectivity index (χ1n) is 25.0. The molecular formula is C43H48N38O5S4. The van der Waals surface area contributed by atoms with Crippen molar-refractivity contribution in [2.45, 2.75) is 6.92 Å². The quantitative estimate of drug-likeness (QED) is 0.0820. The first-order chi connectivity index (χ1) is 43.2. The van der Waals surface area contributed by atoms with E-state index in [1.807, 2.05) is 6.92 Å². The molecule has 0 atom stereocenters. The van der Waals surface area contributed by atoms with E-state index in [0.717, 1.165) is 23.7 Å². The summed E-state index contributed by atoms with van der Waals surface area (Å²) in [7, 11) is 0. The number of thiocarbonyl (C=S) groups is 2. The lowest BCUT2D eigenvalue weighted by Crippen LogP contribution is -2.28. The van der Waals surface area contributed by atoms with E-state index in [9.17, 15) is 19.2 Å². The highest BCUT2D eigenvalue weighted by Crippen LogP contribution is 2.15. The van der Waals surface area contributed by atoms with E-state index in [-0.39, 0.29) is 58.9 Å². The molecule has 28 N–H and O–H groups in total. The van der Waals surface area contributed by atoms with Gasteiger partial charge < -0.3 is 95.4 Å². The van der Waals surface area contributed by atoms with Gasteiger partial charge in [0.05, 0.1) is 49.4 Å². The molecule has 0 unspecified atom stereocenters. The SMILES string of the molecule is CCN1C(=O)COC1=S.Nc1nc(=S)c2[nH]cnc2[nH]1.Nc1nc(N)c2cn[nH]c2n1.Nc1nc2[nH]c(=S)[nH]c2c(=O)[nH]1.Nc1nc2nc[nH]c2c(=O)[nH]1.Nc1nc2nc[nH]c2c(=O)[nH]1.Nc1ncnc2nc[nH]c12.S=C1NCCN1.c1ncc2[nH]cnc2n1. The van der Waals surface area contributed by atoms with Gasteiger partial charge >= 0.3 is 0 Å². The predicted molar refractivity (Wildman–Crippen MR) is 340 cm³/mol. The molecule has 2 saturated heterocycles. The number of carbonyl (C=O) groups excluding carboxylic acids is 1. The van der Waals surface area contributed by atoms with Crippen molar-refractivity contribution >= 4 is 184 Å². The molecule has 1 amide bonds. The Morgan fingerprint density at radius 3 is 1.67 bits per heavy atom. The van der Waals surface area contributed by atoms with Crippen LogP contribution >= 0.6 is 48.9 Å². The van der Waals surface area contributed by atoms with Crippen molar-refractivity contribution < 1.29 is 9.53 Å². The summed E-state index contributed by atoms with van der Waals surface area (Å²) in [6, 6.07) is 0. The Labute approximate surface area is 517 Å². The van der Waals surface area contributed by atoms with E-state index in [1.54, 1.807) is 18.7 Å². The number of aromatic nitrogens is 28. The van der Waals surface area contributed by atoms with Gasteiger partial charge in [-0.1, -0.05) is 12.2 Å². The van der Waals surface area contributed by atoms with Gasteiger partial charge in [0.1, 0.15) is 40.5 Å². The number of imidazole rings is 6.